The third-order valence-electron chi connectivity index (χ3n) is 5.47. The Labute approximate surface area is 198 Å². The van der Waals surface area contributed by atoms with Crippen LogP contribution in [0.2, 0.25) is 0 Å². The molecule has 0 saturated carbocycles. The van der Waals surface area contributed by atoms with Crippen LogP contribution >= 0.6 is 11.8 Å². The molecule has 3 aromatic rings. The van der Waals surface area contributed by atoms with Crippen LogP contribution in [0.5, 0.6) is 5.75 Å². The SMILES string of the molecule is COc1ccc(Nc2ccccc2C(=O)Nc2ccc(CC(=O)N3CCSCC3)cc2)cc1. The maximum atomic E-state index is 13.0. The molecule has 1 fully saturated rings. The molecule has 33 heavy (non-hydrogen) atoms. The summed E-state index contributed by atoms with van der Waals surface area (Å²) in [7, 11) is 1.63. The van der Waals surface area contributed by atoms with Crippen LogP contribution in [0, 0.1) is 0 Å². The summed E-state index contributed by atoms with van der Waals surface area (Å²) in [4.78, 5) is 27.4. The Balaban J connectivity index is 1.39. The summed E-state index contributed by atoms with van der Waals surface area (Å²) in [6.07, 6.45) is 0.382. The third-order valence-corrected chi connectivity index (χ3v) is 6.41. The number of hydrogen-bond donors (Lipinski definition) is 2. The number of anilines is 3. The summed E-state index contributed by atoms with van der Waals surface area (Å²) in [6.45, 7) is 1.64. The lowest BCUT2D eigenvalue weighted by Gasteiger charge is -2.26. The van der Waals surface area contributed by atoms with Gasteiger partial charge in [0.25, 0.3) is 5.91 Å². The summed E-state index contributed by atoms with van der Waals surface area (Å²) in [5.74, 6) is 2.73. The molecule has 0 radical (unpaired) electrons. The highest BCUT2D eigenvalue weighted by atomic mass is 32.2. The predicted molar refractivity (Wildman–Crippen MR) is 135 cm³/mol. The van der Waals surface area contributed by atoms with Crippen molar-refractivity contribution in [1.29, 1.82) is 0 Å². The van der Waals surface area contributed by atoms with Crippen molar-refractivity contribution in [2.45, 2.75) is 6.42 Å². The van der Waals surface area contributed by atoms with Crippen LogP contribution in [0.3, 0.4) is 0 Å². The molecule has 0 aliphatic carbocycles. The minimum Gasteiger partial charge on any atom is -0.497 e. The molecule has 2 amide bonds. The van der Waals surface area contributed by atoms with E-state index >= 15 is 0 Å². The minimum absolute atomic E-state index is 0.158. The van der Waals surface area contributed by atoms with Gasteiger partial charge in [-0.25, -0.2) is 0 Å². The Morgan fingerprint density at radius 2 is 1.58 bits per heavy atom. The topological polar surface area (TPSA) is 70.7 Å². The molecule has 0 spiro atoms. The van der Waals surface area contributed by atoms with Gasteiger partial charge >= 0.3 is 0 Å². The summed E-state index contributed by atoms with van der Waals surface area (Å²) in [5, 5.41) is 6.24. The number of nitrogens with one attached hydrogen (secondary N) is 2. The Hall–Kier alpha value is -3.45. The van der Waals surface area contributed by atoms with E-state index in [1.807, 2.05) is 83.4 Å². The lowest BCUT2D eigenvalue weighted by Crippen LogP contribution is -2.38. The van der Waals surface area contributed by atoms with E-state index in [0.29, 0.717) is 23.4 Å². The van der Waals surface area contributed by atoms with Crippen LogP contribution in [-0.2, 0) is 11.2 Å². The van der Waals surface area contributed by atoms with Gasteiger partial charge in [0, 0.05) is 36.0 Å². The fourth-order valence-electron chi connectivity index (χ4n) is 3.62. The molecule has 0 aromatic heterocycles. The molecular weight excluding hydrogens is 434 g/mol. The van der Waals surface area contributed by atoms with Crippen LogP contribution in [0.4, 0.5) is 17.1 Å². The van der Waals surface area contributed by atoms with Crippen molar-refractivity contribution in [3.63, 3.8) is 0 Å². The molecular formula is C26H27N3O3S. The zero-order valence-electron chi connectivity index (χ0n) is 18.5. The van der Waals surface area contributed by atoms with Crippen molar-refractivity contribution in [3.05, 3.63) is 83.9 Å². The molecule has 0 atom stereocenters. The van der Waals surface area contributed by atoms with Crippen LogP contribution in [0.25, 0.3) is 0 Å². The normalized spacial score (nSPS) is 13.3. The number of rotatable bonds is 7. The summed E-state index contributed by atoms with van der Waals surface area (Å²) < 4.78 is 5.19. The maximum absolute atomic E-state index is 13.0. The zero-order chi connectivity index (χ0) is 23.0. The van der Waals surface area contributed by atoms with Crippen molar-refractivity contribution in [1.82, 2.24) is 4.90 Å². The average molecular weight is 462 g/mol. The van der Waals surface area contributed by atoms with Gasteiger partial charge in [-0.2, -0.15) is 11.8 Å². The van der Waals surface area contributed by atoms with E-state index < -0.39 is 0 Å². The highest BCUT2D eigenvalue weighted by molar-refractivity contribution is 7.99. The number of benzene rings is 3. The molecule has 1 aliphatic heterocycles. The van der Waals surface area contributed by atoms with Gasteiger partial charge in [0.05, 0.1) is 24.8 Å². The number of para-hydroxylation sites is 1. The number of methoxy groups -OCH3 is 1. The van der Waals surface area contributed by atoms with Gasteiger partial charge in [-0.15, -0.1) is 0 Å². The van der Waals surface area contributed by atoms with Gasteiger partial charge in [-0.05, 0) is 54.1 Å². The number of amides is 2. The van der Waals surface area contributed by atoms with Gasteiger partial charge in [-0.3, -0.25) is 9.59 Å². The molecule has 170 valence electrons. The van der Waals surface area contributed by atoms with E-state index in [1.54, 1.807) is 13.2 Å². The largest absolute Gasteiger partial charge is 0.497 e. The Kier molecular flexibility index (Phi) is 7.52. The molecule has 7 heteroatoms. The first-order chi connectivity index (χ1) is 16.1. The Morgan fingerprint density at radius 3 is 2.27 bits per heavy atom. The number of thioether (sulfide) groups is 1. The average Bonchev–Trinajstić information content (AvgIpc) is 2.86. The smallest absolute Gasteiger partial charge is 0.257 e. The standard InChI is InChI=1S/C26H27N3O3S/c1-32-22-12-10-20(11-13-22)27-24-5-3-2-4-23(24)26(31)28-21-8-6-19(7-9-21)18-25(30)29-14-16-33-17-15-29/h2-13,27H,14-18H2,1H3,(H,28,31). The zero-order valence-corrected chi connectivity index (χ0v) is 19.4. The van der Waals surface area contributed by atoms with E-state index in [1.165, 1.54) is 0 Å². The summed E-state index contributed by atoms with van der Waals surface area (Å²) in [6, 6.07) is 22.4. The first-order valence-corrected chi connectivity index (χ1v) is 12.0. The maximum Gasteiger partial charge on any atom is 0.257 e. The number of nitrogens with zero attached hydrogens (tertiary/aromatic N) is 1. The number of carbonyl (C=O) groups is 2. The van der Waals surface area contributed by atoms with Gasteiger partial charge in [0.1, 0.15) is 5.75 Å². The Bertz CT molecular complexity index is 1090. The number of ether oxygens (including phenoxy) is 1. The third kappa shape index (κ3) is 6.08. The summed E-state index contributed by atoms with van der Waals surface area (Å²) >= 11 is 1.89. The van der Waals surface area contributed by atoms with Crippen LogP contribution in [0.1, 0.15) is 15.9 Å². The fraction of sp³-hybridized carbons (Fsp3) is 0.231. The second kappa shape index (κ2) is 10.9. The highest BCUT2D eigenvalue weighted by Gasteiger charge is 2.17. The van der Waals surface area contributed by atoms with E-state index in [0.717, 1.165) is 41.6 Å². The second-order valence-corrected chi connectivity index (χ2v) is 8.94. The number of carbonyl (C=O) groups excluding carboxylic acids is 2. The first kappa shape index (κ1) is 22.7. The fourth-order valence-corrected chi connectivity index (χ4v) is 4.53. The van der Waals surface area contributed by atoms with Crippen LogP contribution < -0.4 is 15.4 Å². The molecule has 1 saturated heterocycles. The van der Waals surface area contributed by atoms with Crippen molar-refractivity contribution in [2.75, 3.05) is 42.3 Å². The van der Waals surface area contributed by atoms with Crippen LogP contribution in [0.15, 0.2) is 72.8 Å². The van der Waals surface area contributed by atoms with Crippen molar-refractivity contribution < 1.29 is 14.3 Å². The van der Waals surface area contributed by atoms with Crippen molar-refractivity contribution in [3.8, 4) is 5.75 Å². The highest BCUT2D eigenvalue weighted by Crippen LogP contribution is 2.24. The summed E-state index contributed by atoms with van der Waals surface area (Å²) in [5.41, 5.74) is 3.73. The second-order valence-electron chi connectivity index (χ2n) is 7.72. The van der Waals surface area contributed by atoms with Gasteiger partial charge in [0.15, 0.2) is 0 Å². The molecule has 3 aromatic carbocycles. The van der Waals surface area contributed by atoms with Gasteiger partial charge in [0.2, 0.25) is 5.91 Å². The van der Waals surface area contributed by atoms with Crippen LogP contribution in [-0.4, -0.2) is 48.4 Å². The molecule has 2 N–H and O–H groups in total. The lowest BCUT2D eigenvalue weighted by atomic mass is 10.1. The van der Waals surface area contributed by atoms with Crippen molar-refractivity contribution >= 4 is 40.6 Å². The van der Waals surface area contributed by atoms with E-state index in [2.05, 4.69) is 10.6 Å². The van der Waals surface area contributed by atoms with Crippen molar-refractivity contribution in [2.24, 2.45) is 0 Å². The quantitative estimate of drug-likeness (QED) is 0.528. The predicted octanol–water partition coefficient (Wildman–Crippen LogP) is 4.81. The number of hydrogen-bond acceptors (Lipinski definition) is 5. The van der Waals surface area contributed by atoms with E-state index in [9.17, 15) is 9.59 Å². The molecule has 0 unspecified atom stereocenters. The molecule has 1 aliphatic rings. The lowest BCUT2D eigenvalue weighted by molar-refractivity contribution is -0.130. The van der Waals surface area contributed by atoms with Gasteiger partial charge < -0.3 is 20.3 Å². The minimum atomic E-state index is -0.207. The van der Waals surface area contributed by atoms with Gasteiger partial charge in [-0.1, -0.05) is 24.3 Å². The molecule has 4 rings (SSSR count). The van der Waals surface area contributed by atoms with E-state index in [4.69, 9.17) is 4.74 Å². The molecule has 0 bridgehead atoms. The monoisotopic (exact) mass is 461 g/mol. The van der Waals surface area contributed by atoms with E-state index in [-0.39, 0.29) is 11.8 Å². The molecule has 6 nitrogen and oxygen atoms in total. The Morgan fingerprint density at radius 1 is 0.909 bits per heavy atom. The molecule has 1 heterocycles. The first-order valence-electron chi connectivity index (χ1n) is 10.9.